The van der Waals surface area contributed by atoms with Crippen LogP contribution in [0.2, 0.25) is 0 Å². The Hall–Kier alpha value is -2.13. The minimum Gasteiger partial charge on any atom is -0.714 e. The van der Waals surface area contributed by atoms with Crippen LogP contribution in [-0.2, 0) is 11.8 Å². The van der Waals surface area contributed by atoms with E-state index in [1.54, 1.807) is 6.20 Å². The van der Waals surface area contributed by atoms with Crippen LogP contribution < -0.4 is 0 Å². The van der Waals surface area contributed by atoms with Gasteiger partial charge in [-0.05, 0) is 94.0 Å². The Morgan fingerprint density at radius 2 is 1.49 bits per heavy atom. The Labute approximate surface area is 313 Å². The lowest BCUT2D eigenvalue weighted by molar-refractivity contribution is -0.539. The number of imidazole rings is 1. The molecule has 13 heteroatoms. The number of hydroxylamine groups is 3. The van der Waals surface area contributed by atoms with E-state index >= 15 is 0 Å². The van der Waals surface area contributed by atoms with E-state index in [4.69, 9.17) is 4.98 Å². The van der Waals surface area contributed by atoms with Crippen molar-refractivity contribution in [1.29, 1.82) is 0 Å². The maximum atomic E-state index is 13.3. The third-order valence-electron chi connectivity index (χ3n) is 9.14. The molecule has 0 amide bonds. The highest BCUT2D eigenvalue weighted by molar-refractivity contribution is 8.42. The van der Waals surface area contributed by atoms with Gasteiger partial charge in [-0.25, -0.2) is 4.98 Å². The van der Waals surface area contributed by atoms with Gasteiger partial charge in [-0.2, -0.15) is 0 Å². The van der Waals surface area contributed by atoms with Crippen LogP contribution in [-0.4, -0.2) is 52.8 Å². The van der Waals surface area contributed by atoms with Gasteiger partial charge in [0.25, 0.3) is 0 Å². The second kappa shape index (κ2) is 14.1. The van der Waals surface area contributed by atoms with E-state index < -0.39 is 11.1 Å². The number of aromatic nitrogens is 3. The fraction of sp³-hybridized carbons (Fsp3) is 0.361. The minimum absolute atomic E-state index is 0.153. The van der Waals surface area contributed by atoms with Crippen LogP contribution in [0.4, 0.5) is 0 Å². The summed E-state index contributed by atoms with van der Waals surface area (Å²) >= 11 is 11.6. The lowest BCUT2D eigenvalue weighted by Crippen LogP contribution is -2.53. The Morgan fingerprint density at radius 1 is 0.857 bits per heavy atom. The summed E-state index contributed by atoms with van der Waals surface area (Å²) in [5.74, 6) is 3.25. The second-order valence-electron chi connectivity index (χ2n) is 13.0. The first kappa shape index (κ1) is 35.3. The monoisotopic (exact) mass is 764 g/mol. The summed E-state index contributed by atoms with van der Waals surface area (Å²) in [5, 5.41) is 27.4. The molecule has 0 saturated carbocycles. The average Bonchev–Trinajstić information content (AvgIpc) is 3.83. The molecule has 0 saturated heterocycles. The van der Waals surface area contributed by atoms with Crippen LogP contribution in [0.25, 0.3) is 22.6 Å². The zero-order valence-corrected chi connectivity index (χ0v) is 33.2. The first-order valence-electron chi connectivity index (χ1n) is 16.4. The quantitative estimate of drug-likeness (QED) is 0.115. The Kier molecular flexibility index (Phi) is 10.2. The molecule has 3 aliphatic rings. The highest BCUT2D eigenvalue weighted by Crippen LogP contribution is 2.64. The fourth-order valence-electron chi connectivity index (χ4n) is 5.65. The number of amidine groups is 1. The number of thioether (sulfide) groups is 6. The summed E-state index contributed by atoms with van der Waals surface area (Å²) in [4.78, 5) is 12.3. The van der Waals surface area contributed by atoms with E-state index in [1.807, 2.05) is 141 Å². The fourth-order valence-corrected chi connectivity index (χ4v) is 14.2. The highest BCUT2D eigenvalue weighted by Gasteiger charge is 2.59. The topological polar surface area (TPSA) is 79.9 Å². The Bertz CT molecular complexity index is 1980. The number of nitrogens with zero attached hydrogens (tertiary/aromatic N) is 5. The van der Waals surface area contributed by atoms with Gasteiger partial charge in [-0.1, -0.05) is 84.2 Å². The molecule has 0 unspecified atom stereocenters. The number of fused-ring (bicyclic) bond motifs is 2. The van der Waals surface area contributed by atoms with E-state index in [-0.39, 0.29) is 5.84 Å². The Balaban J connectivity index is 1.21. The largest absolute Gasteiger partial charge is 0.714 e. The van der Waals surface area contributed by atoms with Crippen molar-refractivity contribution in [2.45, 2.75) is 81.8 Å². The molecule has 255 valence electrons. The molecule has 0 N–H and O–H groups in total. The van der Waals surface area contributed by atoms with Crippen LogP contribution in [0.3, 0.4) is 0 Å². The van der Waals surface area contributed by atoms with Gasteiger partial charge >= 0.3 is 5.84 Å². The van der Waals surface area contributed by atoms with Gasteiger partial charge in [0.15, 0.2) is 11.4 Å². The van der Waals surface area contributed by atoms with Crippen molar-refractivity contribution in [2.24, 2.45) is 0 Å². The van der Waals surface area contributed by atoms with Crippen molar-refractivity contribution in [3.8, 4) is 11.5 Å². The number of hydrogen-bond donors (Lipinski definition) is 0. The molecule has 0 aliphatic carbocycles. The lowest BCUT2D eigenvalue weighted by Gasteiger charge is -2.32. The van der Waals surface area contributed by atoms with Crippen molar-refractivity contribution in [1.82, 2.24) is 19.6 Å². The van der Waals surface area contributed by atoms with Gasteiger partial charge in [0.05, 0.1) is 33.5 Å². The van der Waals surface area contributed by atoms with E-state index in [2.05, 4.69) is 35.5 Å². The van der Waals surface area contributed by atoms with Crippen molar-refractivity contribution < 1.29 is 9.95 Å². The molecule has 7 nitrogen and oxygen atoms in total. The van der Waals surface area contributed by atoms with Crippen molar-refractivity contribution in [3.63, 3.8) is 0 Å². The Morgan fingerprint density at radius 3 is 2.06 bits per heavy atom. The molecule has 4 aromatic rings. The molecule has 0 atom stereocenters. The summed E-state index contributed by atoms with van der Waals surface area (Å²) in [6, 6.07) is 18.2. The molecular weight excluding hydrogens is 727 g/mol. The van der Waals surface area contributed by atoms with Gasteiger partial charge in [0, 0.05) is 27.7 Å². The van der Waals surface area contributed by atoms with Crippen molar-refractivity contribution >= 4 is 87.4 Å². The summed E-state index contributed by atoms with van der Waals surface area (Å²) < 4.78 is 8.75. The maximum absolute atomic E-state index is 13.3. The first-order valence-corrected chi connectivity index (χ1v) is 21.6. The molecule has 1 radical (unpaired) electrons. The van der Waals surface area contributed by atoms with E-state index in [9.17, 15) is 10.4 Å². The smallest absolute Gasteiger partial charge is 0.316 e. The molecule has 49 heavy (non-hydrogen) atoms. The third kappa shape index (κ3) is 6.46. The van der Waals surface area contributed by atoms with E-state index in [1.165, 1.54) is 39.6 Å². The summed E-state index contributed by atoms with van der Waals surface area (Å²) in [6.07, 6.45) is 4.15. The van der Waals surface area contributed by atoms with Gasteiger partial charge in [0.1, 0.15) is 11.2 Å². The molecule has 0 bridgehead atoms. The molecule has 2 aromatic heterocycles. The van der Waals surface area contributed by atoms with Gasteiger partial charge in [-0.15, -0.1) is 23.5 Å². The zero-order chi connectivity index (χ0) is 34.5. The molecule has 2 aromatic carbocycles. The van der Waals surface area contributed by atoms with Crippen LogP contribution in [0.5, 0.6) is 0 Å². The van der Waals surface area contributed by atoms with Crippen LogP contribution in [0.1, 0.15) is 65.5 Å². The molecular formula is C36H38N5O2S6. The SMILES string of the molecule is CCCSC1=C(SCCC)SC(=C2Sc3cc4nc(-c5ccccn5)n(Cc5ccc(C6=[N+]([O-])C(C)(C)C(C)(C)N6[O])cc5)c4cc3S2)S1. The van der Waals surface area contributed by atoms with Crippen LogP contribution >= 0.6 is 70.6 Å². The molecule has 7 rings (SSSR count). The number of rotatable bonds is 10. The zero-order valence-electron chi connectivity index (χ0n) is 28.3. The van der Waals surface area contributed by atoms with Gasteiger partial charge in [0.2, 0.25) is 0 Å². The van der Waals surface area contributed by atoms with Gasteiger partial charge in [-0.3, -0.25) is 9.72 Å². The predicted molar refractivity (Wildman–Crippen MR) is 213 cm³/mol. The van der Waals surface area contributed by atoms with E-state index in [0.29, 0.717) is 12.1 Å². The van der Waals surface area contributed by atoms with Crippen molar-refractivity contribution in [2.75, 3.05) is 11.5 Å². The summed E-state index contributed by atoms with van der Waals surface area (Å²) in [6.45, 7) is 12.3. The predicted octanol–water partition coefficient (Wildman–Crippen LogP) is 10.8. The minimum atomic E-state index is -0.860. The number of benzene rings is 2. The number of hydrogen-bond acceptors (Lipinski definition) is 10. The maximum Gasteiger partial charge on any atom is 0.316 e. The highest BCUT2D eigenvalue weighted by atomic mass is 32.3. The van der Waals surface area contributed by atoms with Crippen molar-refractivity contribution in [3.05, 3.63) is 94.1 Å². The molecule has 5 heterocycles. The second-order valence-corrected chi connectivity index (χ2v) is 20.4. The van der Waals surface area contributed by atoms with Crippen LogP contribution in [0, 0.1) is 5.21 Å². The molecule has 0 spiro atoms. The standard InChI is InChI=1S/C36H38N5O2S6/c1-7-17-44-31-32(45-18-8-2)49-34(48-31)33-46-27-19-25-26(20-28(27)47-33)39(29(38-25)24-11-9-10-16-37-24)21-22-12-14-23(15-13-22)30-40(42)35(3,4)36(5,6)41(30)43/h9-16,19-20H,7-8,17-18,21H2,1-6H3. The lowest BCUT2D eigenvalue weighted by atomic mass is 9.84. The number of pyridine rings is 1. The average molecular weight is 765 g/mol. The summed E-state index contributed by atoms with van der Waals surface area (Å²) in [7, 11) is 0. The van der Waals surface area contributed by atoms with Gasteiger partial charge < -0.3 is 9.77 Å². The summed E-state index contributed by atoms with van der Waals surface area (Å²) in [5.41, 5.74) is 2.74. The van der Waals surface area contributed by atoms with E-state index in [0.717, 1.165) is 49.4 Å². The normalized spacial score (nSPS) is 18.5. The molecule has 3 aliphatic heterocycles. The third-order valence-corrected chi connectivity index (χ3v) is 18.1. The first-order chi connectivity index (χ1) is 23.5. The van der Waals surface area contributed by atoms with Crippen LogP contribution in [0.15, 0.2) is 87.5 Å². The molecule has 0 fully saturated rings.